The molecule has 4 heteroatoms. The molecule has 2 unspecified atom stereocenters. The fourth-order valence-electron chi connectivity index (χ4n) is 4.18. The first-order valence-electron chi connectivity index (χ1n) is 8.60. The van der Waals surface area contributed by atoms with Crippen molar-refractivity contribution in [1.82, 2.24) is 10.2 Å². The van der Waals surface area contributed by atoms with Crippen molar-refractivity contribution in [2.24, 2.45) is 5.92 Å². The summed E-state index contributed by atoms with van der Waals surface area (Å²) in [6.45, 7) is 5.90. The number of hydrogen-bond donors (Lipinski definition) is 1. The van der Waals surface area contributed by atoms with Gasteiger partial charge in [-0.15, -0.1) is 0 Å². The van der Waals surface area contributed by atoms with Crippen molar-refractivity contribution >= 4 is 11.8 Å². The third kappa shape index (κ3) is 2.18. The fourth-order valence-corrected chi connectivity index (χ4v) is 4.18. The summed E-state index contributed by atoms with van der Waals surface area (Å²) < 4.78 is 0. The van der Waals surface area contributed by atoms with Crippen LogP contribution in [0.25, 0.3) is 0 Å². The number of rotatable bonds is 3. The standard InChI is InChI=1S/C17H28N2O2/c1-4-16(2)14(20)18-17(3,12-10-11-12)15(21)19(16)13-8-6-5-7-9-13/h12-13H,4-11H2,1-3H3,(H,18,20). The van der Waals surface area contributed by atoms with Crippen LogP contribution in [0.2, 0.25) is 0 Å². The van der Waals surface area contributed by atoms with E-state index in [4.69, 9.17) is 0 Å². The molecule has 1 saturated heterocycles. The van der Waals surface area contributed by atoms with Crippen LogP contribution < -0.4 is 5.32 Å². The van der Waals surface area contributed by atoms with Gasteiger partial charge in [-0.2, -0.15) is 0 Å². The SMILES string of the molecule is CCC1(C)C(=O)NC(C)(C2CC2)C(=O)N1C1CCCCC1. The minimum atomic E-state index is -0.673. The maximum atomic E-state index is 13.3. The van der Waals surface area contributed by atoms with Crippen molar-refractivity contribution in [3.8, 4) is 0 Å². The van der Waals surface area contributed by atoms with Gasteiger partial charge < -0.3 is 10.2 Å². The lowest BCUT2D eigenvalue weighted by atomic mass is 9.79. The summed E-state index contributed by atoms with van der Waals surface area (Å²) in [7, 11) is 0. The second-order valence-electron chi connectivity index (χ2n) is 7.53. The Hall–Kier alpha value is -1.06. The van der Waals surface area contributed by atoms with Gasteiger partial charge in [-0.25, -0.2) is 0 Å². The van der Waals surface area contributed by atoms with Gasteiger partial charge in [0.25, 0.3) is 0 Å². The zero-order valence-corrected chi connectivity index (χ0v) is 13.6. The highest BCUT2D eigenvalue weighted by Gasteiger charge is 2.60. The van der Waals surface area contributed by atoms with E-state index < -0.39 is 11.1 Å². The van der Waals surface area contributed by atoms with E-state index in [2.05, 4.69) is 5.32 Å². The summed E-state index contributed by atoms with van der Waals surface area (Å²) >= 11 is 0. The van der Waals surface area contributed by atoms with Crippen molar-refractivity contribution < 1.29 is 9.59 Å². The molecule has 0 aromatic heterocycles. The molecular weight excluding hydrogens is 264 g/mol. The van der Waals surface area contributed by atoms with Gasteiger partial charge in [-0.05, 0) is 51.9 Å². The number of nitrogens with zero attached hydrogens (tertiary/aromatic N) is 1. The van der Waals surface area contributed by atoms with Crippen molar-refractivity contribution in [2.45, 2.75) is 89.3 Å². The molecule has 1 aliphatic heterocycles. The van der Waals surface area contributed by atoms with Gasteiger partial charge in [0.15, 0.2) is 0 Å². The summed E-state index contributed by atoms with van der Waals surface area (Å²) in [6.07, 6.45) is 8.51. The van der Waals surface area contributed by atoms with E-state index >= 15 is 0 Å². The normalized spacial score (nSPS) is 38.5. The lowest BCUT2D eigenvalue weighted by Gasteiger charge is -2.54. The molecule has 1 heterocycles. The predicted octanol–water partition coefficient (Wildman–Crippen LogP) is 2.61. The van der Waals surface area contributed by atoms with Crippen LogP contribution >= 0.6 is 0 Å². The Balaban J connectivity index is 1.96. The molecule has 4 nitrogen and oxygen atoms in total. The van der Waals surface area contributed by atoms with Gasteiger partial charge in [0.2, 0.25) is 11.8 Å². The Morgan fingerprint density at radius 2 is 1.71 bits per heavy atom. The van der Waals surface area contributed by atoms with Crippen LogP contribution in [0, 0.1) is 5.92 Å². The molecule has 21 heavy (non-hydrogen) atoms. The molecule has 2 saturated carbocycles. The van der Waals surface area contributed by atoms with Crippen LogP contribution in [0.4, 0.5) is 0 Å². The first kappa shape index (κ1) is 14.9. The molecule has 0 aromatic carbocycles. The van der Waals surface area contributed by atoms with Crippen molar-refractivity contribution in [2.75, 3.05) is 0 Å². The Labute approximate surface area is 127 Å². The molecule has 1 N–H and O–H groups in total. The first-order chi connectivity index (χ1) is 9.93. The molecule has 0 aromatic rings. The number of carbonyl (C=O) groups excluding carboxylic acids is 2. The first-order valence-corrected chi connectivity index (χ1v) is 8.60. The largest absolute Gasteiger partial charge is 0.340 e. The number of amides is 2. The average Bonchev–Trinajstić information content (AvgIpc) is 3.31. The van der Waals surface area contributed by atoms with Crippen LogP contribution in [0.5, 0.6) is 0 Å². The Kier molecular flexibility index (Phi) is 3.53. The Morgan fingerprint density at radius 3 is 2.24 bits per heavy atom. The molecule has 3 aliphatic rings. The summed E-state index contributed by atoms with van der Waals surface area (Å²) in [4.78, 5) is 28.0. The van der Waals surface area contributed by atoms with E-state index in [0.29, 0.717) is 12.3 Å². The number of hydrogen-bond acceptors (Lipinski definition) is 2. The number of piperazine rings is 1. The quantitative estimate of drug-likeness (QED) is 0.869. The molecule has 2 aliphatic carbocycles. The van der Waals surface area contributed by atoms with E-state index in [1.807, 2.05) is 25.7 Å². The molecule has 0 radical (unpaired) electrons. The number of carbonyl (C=O) groups is 2. The second kappa shape index (κ2) is 4.99. The Morgan fingerprint density at radius 1 is 1.10 bits per heavy atom. The smallest absolute Gasteiger partial charge is 0.249 e. The van der Waals surface area contributed by atoms with Crippen LogP contribution in [-0.2, 0) is 9.59 Å². The van der Waals surface area contributed by atoms with E-state index in [1.165, 1.54) is 19.3 Å². The lowest BCUT2D eigenvalue weighted by Crippen LogP contribution is -2.76. The Bertz CT molecular complexity index is 454. The van der Waals surface area contributed by atoms with Crippen LogP contribution in [0.1, 0.15) is 72.1 Å². The maximum absolute atomic E-state index is 13.3. The number of nitrogens with one attached hydrogen (secondary N) is 1. The monoisotopic (exact) mass is 292 g/mol. The predicted molar refractivity (Wildman–Crippen MR) is 81.7 cm³/mol. The molecule has 0 bridgehead atoms. The van der Waals surface area contributed by atoms with Crippen molar-refractivity contribution in [1.29, 1.82) is 0 Å². The highest BCUT2D eigenvalue weighted by atomic mass is 16.2. The van der Waals surface area contributed by atoms with E-state index in [9.17, 15) is 9.59 Å². The van der Waals surface area contributed by atoms with Crippen molar-refractivity contribution in [3.63, 3.8) is 0 Å². The van der Waals surface area contributed by atoms with Crippen LogP contribution in [-0.4, -0.2) is 33.8 Å². The zero-order chi connectivity index (χ0) is 15.3. The zero-order valence-electron chi connectivity index (χ0n) is 13.6. The van der Waals surface area contributed by atoms with E-state index in [0.717, 1.165) is 25.7 Å². The van der Waals surface area contributed by atoms with Gasteiger partial charge in [0.1, 0.15) is 11.1 Å². The van der Waals surface area contributed by atoms with Gasteiger partial charge in [0, 0.05) is 6.04 Å². The lowest BCUT2D eigenvalue weighted by molar-refractivity contribution is -0.167. The van der Waals surface area contributed by atoms with E-state index in [-0.39, 0.29) is 17.9 Å². The van der Waals surface area contributed by atoms with Gasteiger partial charge >= 0.3 is 0 Å². The minimum absolute atomic E-state index is 0.0459. The molecule has 2 atom stereocenters. The molecule has 3 fully saturated rings. The van der Waals surface area contributed by atoms with Crippen LogP contribution in [0.15, 0.2) is 0 Å². The highest BCUT2D eigenvalue weighted by Crippen LogP contribution is 2.45. The minimum Gasteiger partial charge on any atom is -0.340 e. The fraction of sp³-hybridized carbons (Fsp3) is 0.882. The van der Waals surface area contributed by atoms with Crippen molar-refractivity contribution in [3.05, 3.63) is 0 Å². The topological polar surface area (TPSA) is 49.4 Å². The maximum Gasteiger partial charge on any atom is 0.249 e. The summed E-state index contributed by atoms with van der Waals surface area (Å²) in [5.41, 5.74) is -1.34. The highest BCUT2D eigenvalue weighted by molar-refractivity contribution is 6.02. The molecule has 3 rings (SSSR count). The van der Waals surface area contributed by atoms with Gasteiger partial charge in [-0.3, -0.25) is 9.59 Å². The summed E-state index contributed by atoms with van der Waals surface area (Å²) in [5.74, 6) is 0.548. The molecule has 0 spiro atoms. The third-order valence-corrected chi connectivity index (χ3v) is 6.08. The second-order valence-corrected chi connectivity index (χ2v) is 7.53. The average molecular weight is 292 g/mol. The third-order valence-electron chi connectivity index (χ3n) is 6.08. The van der Waals surface area contributed by atoms with Gasteiger partial charge in [-0.1, -0.05) is 26.2 Å². The van der Waals surface area contributed by atoms with Crippen LogP contribution in [0.3, 0.4) is 0 Å². The molecular formula is C17H28N2O2. The molecule has 118 valence electrons. The van der Waals surface area contributed by atoms with E-state index in [1.54, 1.807) is 0 Å². The summed E-state index contributed by atoms with van der Waals surface area (Å²) in [5, 5.41) is 3.08. The molecule has 2 amide bonds. The summed E-state index contributed by atoms with van der Waals surface area (Å²) in [6, 6.07) is 0.250. The van der Waals surface area contributed by atoms with Gasteiger partial charge in [0.05, 0.1) is 0 Å².